The Morgan fingerprint density at radius 2 is 1.94 bits per heavy atom. The van der Waals surface area contributed by atoms with Crippen molar-refractivity contribution in [3.05, 3.63) is 64.1 Å². The van der Waals surface area contributed by atoms with E-state index in [-0.39, 0.29) is 35.4 Å². The number of methoxy groups -OCH3 is 1. The van der Waals surface area contributed by atoms with E-state index in [4.69, 9.17) is 4.74 Å². The SMILES string of the molecule is COc1cc(/C=C2\SC(=O)N(CCNC(=O)c3ccccc3C)C2=O)ccc1OC(F)F. The maximum atomic E-state index is 12.6. The van der Waals surface area contributed by atoms with Gasteiger partial charge in [-0.3, -0.25) is 19.3 Å². The van der Waals surface area contributed by atoms with Crippen LogP contribution in [-0.4, -0.2) is 48.8 Å². The van der Waals surface area contributed by atoms with E-state index in [2.05, 4.69) is 10.1 Å². The number of alkyl halides is 2. The number of carbonyl (C=O) groups is 3. The van der Waals surface area contributed by atoms with Gasteiger partial charge in [0.1, 0.15) is 0 Å². The molecule has 0 unspecified atom stereocenters. The highest BCUT2D eigenvalue weighted by Gasteiger charge is 2.34. The van der Waals surface area contributed by atoms with Gasteiger partial charge in [-0.25, -0.2) is 0 Å². The molecular formula is C22H20F2N2O5S. The summed E-state index contributed by atoms with van der Waals surface area (Å²) in [5, 5.41) is 2.24. The number of nitrogens with one attached hydrogen (secondary N) is 1. The molecule has 1 fully saturated rings. The van der Waals surface area contributed by atoms with Crippen LogP contribution in [0.25, 0.3) is 6.08 Å². The number of aryl methyl sites for hydroxylation is 1. The average molecular weight is 462 g/mol. The third-order valence-corrected chi connectivity index (χ3v) is 5.49. The van der Waals surface area contributed by atoms with Crippen LogP contribution in [0.15, 0.2) is 47.4 Å². The fourth-order valence-corrected chi connectivity index (χ4v) is 3.88. The zero-order valence-corrected chi connectivity index (χ0v) is 18.1. The first-order valence-corrected chi connectivity index (χ1v) is 10.3. The maximum absolute atomic E-state index is 12.6. The lowest BCUT2D eigenvalue weighted by atomic mass is 10.1. The van der Waals surface area contributed by atoms with Crippen LogP contribution in [0, 0.1) is 6.92 Å². The van der Waals surface area contributed by atoms with E-state index < -0.39 is 17.8 Å². The monoisotopic (exact) mass is 462 g/mol. The first-order valence-electron chi connectivity index (χ1n) is 9.52. The number of imide groups is 1. The third kappa shape index (κ3) is 5.44. The normalized spacial score (nSPS) is 14.9. The molecule has 1 saturated heterocycles. The molecule has 2 aromatic rings. The largest absolute Gasteiger partial charge is 0.493 e. The van der Waals surface area contributed by atoms with Crippen molar-refractivity contribution >= 4 is 34.9 Å². The third-order valence-electron chi connectivity index (χ3n) is 4.59. The zero-order valence-electron chi connectivity index (χ0n) is 17.3. The van der Waals surface area contributed by atoms with Crippen molar-refractivity contribution in [2.75, 3.05) is 20.2 Å². The lowest BCUT2D eigenvalue weighted by Gasteiger charge is -2.13. The number of carbonyl (C=O) groups excluding carboxylic acids is 3. The summed E-state index contributed by atoms with van der Waals surface area (Å²) >= 11 is 0.756. The molecule has 3 rings (SSSR count). The summed E-state index contributed by atoms with van der Waals surface area (Å²) in [6.07, 6.45) is 1.46. The number of halogens is 2. The Morgan fingerprint density at radius 1 is 1.19 bits per heavy atom. The minimum atomic E-state index is -3.00. The minimum absolute atomic E-state index is 0.0180. The van der Waals surface area contributed by atoms with Crippen molar-refractivity contribution in [1.29, 1.82) is 0 Å². The first kappa shape index (κ1) is 23.3. The molecule has 0 saturated carbocycles. The number of benzene rings is 2. The van der Waals surface area contributed by atoms with Crippen LogP contribution in [0.2, 0.25) is 0 Å². The molecule has 1 aliphatic heterocycles. The molecule has 10 heteroatoms. The molecule has 2 aromatic carbocycles. The summed E-state index contributed by atoms with van der Waals surface area (Å²) < 4.78 is 34.3. The molecule has 1 aliphatic rings. The van der Waals surface area contributed by atoms with Crippen molar-refractivity contribution < 1.29 is 32.6 Å². The quantitative estimate of drug-likeness (QED) is 0.596. The summed E-state index contributed by atoms with van der Waals surface area (Å²) in [5.74, 6) is -0.866. The van der Waals surface area contributed by atoms with Gasteiger partial charge in [-0.15, -0.1) is 0 Å². The van der Waals surface area contributed by atoms with Crippen LogP contribution in [0.5, 0.6) is 11.5 Å². The van der Waals surface area contributed by atoms with Gasteiger partial charge < -0.3 is 14.8 Å². The van der Waals surface area contributed by atoms with Crippen molar-refractivity contribution in [3.8, 4) is 11.5 Å². The summed E-state index contributed by atoms with van der Waals surface area (Å²) in [6.45, 7) is -1.06. The molecule has 0 bridgehead atoms. The van der Waals surface area contributed by atoms with Crippen LogP contribution in [0.4, 0.5) is 13.6 Å². The summed E-state index contributed by atoms with van der Waals surface area (Å²) in [7, 11) is 1.30. The van der Waals surface area contributed by atoms with Crippen molar-refractivity contribution in [2.45, 2.75) is 13.5 Å². The molecule has 0 atom stereocenters. The van der Waals surface area contributed by atoms with E-state index >= 15 is 0 Å². The van der Waals surface area contributed by atoms with E-state index in [0.717, 1.165) is 22.2 Å². The molecule has 0 aromatic heterocycles. The van der Waals surface area contributed by atoms with Crippen LogP contribution in [0.1, 0.15) is 21.5 Å². The van der Waals surface area contributed by atoms with Crippen LogP contribution >= 0.6 is 11.8 Å². The molecule has 1 heterocycles. The summed E-state index contributed by atoms with van der Waals surface area (Å²) in [4.78, 5) is 38.4. The highest BCUT2D eigenvalue weighted by atomic mass is 32.2. The number of nitrogens with zero attached hydrogens (tertiary/aromatic N) is 1. The molecule has 32 heavy (non-hydrogen) atoms. The predicted molar refractivity (Wildman–Crippen MR) is 116 cm³/mol. The zero-order chi connectivity index (χ0) is 23.3. The molecule has 0 spiro atoms. The Labute approximate surface area is 187 Å². The smallest absolute Gasteiger partial charge is 0.387 e. The summed E-state index contributed by atoms with van der Waals surface area (Å²) in [5.41, 5.74) is 1.82. The van der Waals surface area contributed by atoms with E-state index in [1.165, 1.54) is 31.4 Å². The number of hydrogen-bond donors (Lipinski definition) is 1. The first-order chi connectivity index (χ1) is 15.3. The molecule has 3 amide bonds. The molecule has 7 nitrogen and oxygen atoms in total. The van der Waals surface area contributed by atoms with Gasteiger partial charge >= 0.3 is 6.61 Å². The van der Waals surface area contributed by atoms with Gasteiger partial charge in [0.05, 0.1) is 12.0 Å². The van der Waals surface area contributed by atoms with Gasteiger partial charge in [0, 0.05) is 18.7 Å². The number of amides is 3. The van der Waals surface area contributed by atoms with E-state index in [0.29, 0.717) is 11.1 Å². The second kappa shape index (κ2) is 10.3. The van der Waals surface area contributed by atoms with Gasteiger partial charge in [-0.05, 0) is 54.1 Å². The lowest BCUT2D eigenvalue weighted by molar-refractivity contribution is -0.122. The van der Waals surface area contributed by atoms with Crippen LogP contribution in [0.3, 0.4) is 0 Å². The van der Waals surface area contributed by atoms with Gasteiger partial charge in [0.25, 0.3) is 17.1 Å². The standard InChI is InChI=1S/C22H20F2N2O5S/c1-13-5-3-4-6-15(13)19(27)25-9-10-26-20(28)18(32-22(26)29)12-14-7-8-16(31-21(23)24)17(11-14)30-2/h3-8,11-12,21H,9-10H2,1-2H3,(H,25,27)/b18-12-. The topological polar surface area (TPSA) is 84.9 Å². The van der Waals surface area contributed by atoms with E-state index in [9.17, 15) is 23.2 Å². The number of ether oxygens (including phenoxy) is 2. The second-order valence-corrected chi connectivity index (χ2v) is 7.69. The molecule has 1 N–H and O–H groups in total. The molecule has 0 aliphatic carbocycles. The van der Waals surface area contributed by atoms with Gasteiger partial charge in [0.2, 0.25) is 0 Å². The van der Waals surface area contributed by atoms with E-state index in [1.54, 1.807) is 12.1 Å². The Hall–Kier alpha value is -3.40. The predicted octanol–water partition coefficient (Wildman–Crippen LogP) is 4.07. The lowest BCUT2D eigenvalue weighted by Crippen LogP contribution is -2.37. The van der Waals surface area contributed by atoms with Gasteiger partial charge in [0.15, 0.2) is 11.5 Å². The van der Waals surface area contributed by atoms with Gasteiger partial charge in [-0.2, -0.15) is 8.78 Å². The molecular weight excluding hydrogens is 442 g/mol. The fraction of sp³-hybridized carbons (Fsp3) is 0.227. The van der Waals surface area contributed by atoms with Gasteiger partial charge in [-0.1, -0.05) is 24.3 Å². The average Bonchev–Trinajstić information content (AvgIpc) is 3.02. The molecule has 168 valence electrons. The fourth-order valence-electron chi connectivity index (χ4n) is 3.02. The Morgan fingerprint density at radius 3 is 2.62 bits per heavy atom. The minimum Gasteiger partial charge on any atom is -0.493 e. The van der Waals surface area contributed by atoms with Crippen LogP contribution in [-0.2, 0) is 4.79 Å². The number of rotatable bonds is 8. The van der Waals surface area contributed by atoms with Crippen LogP contribution < -0.4 is 14.8 Å². The Balaban J connectivity index is 1.65. The number of hydrogen-bond acceptors (Lipinski definition) is 6. The second-order valence-electron chi connectivity index (χ2n) is 6.69. The van der Waals surface area contributed by atoms with Crippen molar-refractivity contribution in [1.82, 2.24) is 10.2 Å². The van der Waals surface area contributed by atoms with Crippen molar-refractivity contribution in [2.24, 2.45) is 0 Å². The Bertz CT molecular complexity index is 1070. The highest BCUT2D eigenvalue weighted by molar-refractivity contribution is 8.18. The molecule has 0 radical (unpaired) electrons. The van der Waals surface area contributed by atoms with E-state index in [1.807, 2.05) is 19.1 Å². The highest BCUT2D eigenvalue weighted by Crippen LogP contribution is 2.34. The Kier molecular flexibility index (Phi) is 7.47. The summed E-state index contributed by atoms with van der Waals surface area (Å²) in [6, 6.07) is 11.3. The number of thioether (sulfide) groups is 1. The van der Waals surface area contributed by atoms with Crippen molar-refractivity contribution in [3.63, 3.8) is 0 Å². The maximum Gasteiger partial charge on any atom is 0.387 e.